The van der Waals surface area contributed by atoms with Gasteiger partial charge in [-0.15, -0.1) is 0 Å². The lowest BCUT2D eigenvalue weighted by Crippen LogP contribution is -2.47. The zero-order valence-electron chi connectivity index (χ0n) is 11.3. The van der Waals surface area contributed by atoms with Crippen LogP contribution in [-0.4, -0.2) is 11.6 Å². The van der Waals surface area contributed by atoms with Crippen molar-refractivity contribution in [1.82, 2.24) is 0 Å². The van der Waals surface area contributed by atoms with Crippen molar-refractivity contribution in [2.24, 2.45) is 5.73 Å². The number of carbonyl (C=O) groups is 1. The second-order valence-corrected chi connectivity index (χ2v) is 5.77. The minimum atomic E-state index is -1.15. The molecule has 0 saturated heterocycles. The molecule has 0 aliphatic rings. The maximum atomic E-state index is 12.2. The van der Waals surface area contributed by atoms with Crippen LogP contribution in [0.15, 0.2) is 24.3 Å². The molecule has 4 heteroatoms. The fourth-order valence-corrected chi connectivity index (χ4v) is 1.79. The van der Waals surface area contributed by atoms with E-state index in [9.17, 15) is 4.79 Å². The van der Waals surface area contributed by atoms with E-state index < -0.39 is 17.1 Å². The van der Waals surface area contributed by atoms with Gasteiger partial charge in [0, 0.05) is 5.02 Å². The normalized spacial score (nSPS) is 15.0. The Kier molecular flexibility index (Phi) is 4.41. The monoisotopic (exact) mass is 269 g/mol. The van der Waals surface area contributed by atoms with E-state index in [0.717, 1.165) is 0 Å². The maximum Gasteiger partial charge on any atom is 0.331 e. The van der Waals surface area contributed by atoms with E-state index in [0.29, 0.717) is 17.0 Å². The summed E-state index contributed by atoms with van der Waals surface area (Å²) >= 11 is 5.94. The molecule has 100 valence electrons. The molecule has 1 atom stereocenters. The summed E-state index contributed by atoms with van der Waals surface area (Å²) < 4.78 is 5.38. The van der Waals surface area contributed by atoms with Crippen molar-refractivity contribution in [3.05, 3.63) is 34.9 Å². The molecule has 0 fully saturated rings. The Labute approximate surface area is 113 Å². The van der Waals surface area contributed by atoms with Crippen molar-refractivity contribution < 1.29 is 9.53 Å². The average molecular weight is 270 g/mol. The summed E-state index contributed by atoms with van der Waals surface area (Å²) in [5, 5.41) is 0.555. The summed E-state index contributed by atoms with van der Waals surface area (Å²) in [5.74, 6) is -0.431. The third-order valence-corrected chi connectivity index (χ3v) is 2.90. The highest BCUT2D eigenvalue weighted by Crippen LogP contribution is 2.27. The number of esters is 1. The van der Waals surface area contributed by atoms with Crippen LogP contribution in [0.4, 0.5) is 0 Å². The number of nitrogens with two attached hydrogens (primary N) is 1. The van der Waals surface area contributed by atoms with Gasteiger partial charge < -0.3 is 10.5 Å². The molecule has 3 nitrogen and oxygen atoms in total. The first-order valence-corrected chi connectivity index (χ1v) is 6.35. The second-order valence-electron chi connectivity index (χ2n) is 5.34. The maximum absolute atomic E-state index is 12.2. The van der Waals surface area contributed by atoms with Crippen molar-refractivity contribution in [3.8, 4) is 0 Å². The average Bonchev–Trinajstić information content (AvgIpc) is 2.25. The standard InChI is InChI=1S/C14H20ClNO2/c1-5-14(16,12(17)18-13(2,3)4)10-7-6-8-11(15)9-10/h6-9H,5,16H2,1-4H3. The quantitative estimate of drug-likeness (QED) is 0.857. The molecule has 0 amide bonds. The predicted molar refractivity (Wildman–Crippen MR) is 73.5 cm³/mol. The number of hydrogen-bond donors (Lipinski definition) is 1. The molecule has 1 unspecified atom stereocenters. The summed E-state index contributed by atoms with van der Waals surface area (Å²) in [4.78, 5) is 12.2. The molecule has 2 N–H and O–H groups in total. The van der Waals surface area contributed by atoms with Gasteiger partial charge in [-0.25, -0.2) is 4.79 Å². The van der Waals surface area contributed by atoms with E-state index in [4.69, 9.17) is 22.1 Å². The van der Waals surface area contributed by atoms with Crippen LogP contribution in [0.3, 0.4) is 0 Å². The Morgan fingerprint density at radius 3 is 2.44 bits per heavy atom. The Balaban J connectivity index is 3.09. The molecule has 0 spiro atoms. The minimum Gasteiger partial charge on any atom is -0.458 e. The number of benzene rings is 1. The topological polar surface area (TPSA) is 52.3 Å². The molecule has 0 aromatic heterocycles. The van der Waals surface area contributed by atoms with Crippen molar-refractivity contribution in [3.63, 3.8) is 0 Å². The summed E-state index contributed by atoms with van der Waals surface area (Å²) in [5.41, 5.74) is 5.16. The van der Waals surface area contributed by atoms with Gasteiger partial charge in [0.25, 0.3) is 0 Å². The molecular weight excluding hydrogens is 250 g/mol. The Morgan fingerprint density at radius 2 is 2.00 bits per heavy atom. The van der Waals surface area contributed by atoms with Crippen LogP contribution < -0.4 is 5.73 Å². The molecule has 0 heterocycles. The fourth-order valence-electron chi connectivity index (χ4n) is 1.60. The summed E-state index contributed by atoms with van der Waals surface area (Å²) in [6.45, 7) is 7.31. The van der Waals surface area contributed by atoms with Crippen LogP contribution in [0.5, 0.6) is 0 Å². The van der Waals surface area contributed by atoms with Crippen molar-refractivity contribution in [2.45, 2.75) is 45.3 Å². The van der Waals surface area contributed by atoms with Gasteiger partial charge in [0.1, 0.15) is 11.1 Å². The van der Waals surface area contributed by atoms with Crippen LogP contribution in [0.25, 0.3) is 0 Å². The van der Waals surface area contributed by atoms with Gasteiger partial charge in [0.15, 0.2) is 0 Å². The second kappa shape index (κ2) is 5.29. The Bertz CT molecular complexity index is 440. The van der Waals surface area contributed by atoms with E-state index in [1.54, 1.807) is 24.3 Å². The lowest BCUT2D eigenvalue weighted by Gasteiger charge is -2.30. The van der Waals surface area contributed by atoms with Gasteiger partial charge in [-0.2, -0.15) is 0 Å². The number of hydrogen-bond acceptors (Lipinski definition) is 3. The molecule has 0 aliphatic carbocycles. The third kappa shape index (κ3) is 3.47. The molecule has 1 rings (SSSR count). The summed E-state index contributed by atoms with van der Waals surface area (Å²) in [7, 11) is 0. The van der Waals surface area contributed by atoms with E-state index in [1.165, 1.54) is 0 Å². The van der Waals surface area contributed by atoms with Gasteiger partial charge >= 0.3 is 5.97 Å². The third-order valence-electron chi connectivity index (χ3n) is 2.66. The van der Waals surface area contributed by atoms with Crippen molar-refractivity contribution >= 4 is 17.6 Å². The molecule has 1 aromatic carbocycles. The molecular formula is C14H20ClNO2. The van der Waals surface area contributed by atoms with Crippen molar-refractivity contribution in [2.75, 3.05) is 0 Å². The summed E-state index contributed by atoms with van der Waals surface area (Å²) in [6.07, 6.45) is 0.447. The van der Waals surface area contributed by atoms with Crippen LogP contribution in [0.2, 0.25) is 5.02 Å². The van der Waals surface area contributed by atoms with E-state index in [-0.39, 0.29) is 0 Å². The molecule has 0 radical (unpaired) electrons. The van der Waals surface area contributed by atoms with E-state index >= 15 is 0 Å². The zero-order chi connectivity index (χ0) is 14.0. The summed E-state index contributed by atoms with van der Waals surface area (Å²) in [6, 6.07) is 7.02. The van der Waals surface area contributed by atoms with Crippen LogP contribution in [0.1, 0.15) is 39.7 Å². The molecule has 0 aliphatic heterocycles. The van der Waals surface area contributed by atoms with E-state index in [1.807, 2.05) is 27.7 Å². The first-order chi connectivity index (χ1) is 8.19. The fraction of sp³-hybridized carbons (Fsp3) is 0.500. The van der Waals surface area contributed by atoms with Gasteiger partial charge in [0.2, 0.25) is 0 Å². The largest absolute Gasteiger partial charge is 0.458 e. The molecule has 18 heavy (non-hydrogen) atoms. The number of ether oxygens (including phenoxy) is 1. The lowest BCUT2D eigenvalue weighted by molar-refractivity contribution is -0.162. The minimum absolute atomic E-state index is 0.431. The zero-order valence-corrected chi connectivity index (χ0v) is 12.0. The first-order valence-electron chi connectivity index (χ1n) is 5.97. The number of carbonyl (C=O) groups excluding carboxylic acids is 1. The van der Waals surface area contributed by atoms with Gasteiger partial charge in [-0.05, 0) is 44.9 Å². The molecule has 1 aromatic rings. The highest BCUT2D eigenvalue weighted by Gasteiger charge is 2.38. The van der Waals surface area contributed by atoms with Gasteiger partial charge in [-0.1, -0.05) is 30.7 Å². The van der Waals surface area contributed by atoms with Gasteiger partial charge in [-0.3, -0.25) is 0 Å². The lowest BCUT2D eigenvalue weighted by atomic mass is 9.88. The van der Waals surface area contributed by atoms with Gasteiger partial charge in [0.05, 0.1) is 0 Å². The Morgan fingerprint density at radius 1 is 1.39 bits per heavy atom. The SMILES string of the molecule is CCC(N)(C(=O)OC(C)(C)C)c1cccc(Cl)c1. The first kappa shape index (κ1) is 15.0. The Hall–Kier alpha value is -1.06. The van der Waals surface area contributed by atoms with E-state index in [2.05, 4.69) is 0 Å². The highest BCUT2D eigenvalue weighted by atomic mass is 35.5. The van der Waals surface area contributed by atoms with Crippen molar-refractivity contribution in [1.29, 1.82) is 0 Å². The van der Waals surface area contributed by atoms with Crippen LogP contribution in [-0.2, 0) is 15.1 Å². The number of halogens is 1. The van der Waals surface area contributed by atoms with Crippen LogP contribution in [0, 0.1) is 0 Å². The van der Waals surface area contributed by atoms with Crippen LogP contribution >= 0.6 is 11.6 Å². The predicted octanol–water partition coefficient (Wildman–Crippen LogP) is 3.25. The smallest absolute Gasteiger partial charge is 0.331 e. The number of rotatable bonds is 3. The highest BCUT2D eigenvalue weighted by molar-refractivity contribution is 6.30. The molecule has 0 bridgehead atoms. The molecule has 0 saturated carbocycles.